The quantitative estimate of drug-likeness (QED) is 0.716. The second-order valence-corrected chi connectivity index (χ2v) is 6.27. The van der Waals surface area contributed by atoms with Gasteiger partial charge in [0.1, 0.15) is 5.69 Å². The van der Waals surface area contributed by atoms with Gasteiger partial charge in [-0.3, -0.25) is 4.79 Å². The number of hydrogen-bond acceptors (Lipinski definition) is 4. The van der Waals surface area contributed by atoms with E-state index < -0.39 is 0 Å². The first kappa shape index (κ1) is 17.5. The number of benzene rings is 2. The van der Waals surface area contributed by atoms with Crippen LogP contribution in [0.4, 0.5) is 22.7 Å². The lowest BCUT2D eigenvalue weighted by molar-refractivity contribution is 0.102. The van der Waals surface area contributed by atoms with Crippen molar-refractivity contribution in [3.8, 4) is 0 Å². The molecule has 132 valence electrons. The van der Waals surface area contributed by atoms with Crippen molar-refractivity contribution in [3.05, 3.63) is 78.1 Å². The number of para-hydroxylation sites is 1. The van der Waals surface area contributed by atoms with Gasteiger partial charge in [-0.25, -0.2) is 4.98 Å². The maximum atomic E-state index is 12.3. The number of anilines is 4. The molecule has 1 amide bonds. The summed E-state index contributed by atoms with van der Waals surface area (Å²) in [6.07, 6.45) is 1.66. The second-order valence-electron chi connectivity index (χ2n) is 6.27. The third-order valence-electron chi connectivity index (χ3n) is 4.06. The first-order chi connectivity index (χ1) is 12.5. The van der Waals surface area contributed by atoms with Crippen LogP contribution in [0.2, 0.25) is 0 Å². The molecular weight excluding hydrogens is 324 g/mol. The summed E-state index contributed by atoms with van der Waals surface area (Å²) in [6.45, 7) is 1.96. The van der Waals surface area contributed by atoms with Crippen molar-refractivity contribution in [1.29, 1.82) is 0 Å². The summed E-state index contributed by atoms with van der Waals surface area (Å²) in [4.78, 5) is 18.7. The lowest BCUT2D eigenvalue weighted by Gasteiger charge is -2.13. The lowest BCUT2D eigenvalue weighted by atomic mass is 10.2. The van der Waals surface area contributed by atoms with E-state index in [4.69, 9.17) is 0 Å². The highest BCUT2D eigenvalue weighted by molar-refractivity contribution is 6.03. The molecule has 0 atom stereocenters. The number of amides is 1. The van der Waals surface area contributed by atoms with Gasteiger partial charge in [0, 0.05) is 31.2 Å². The van der Waals surface area contributed by atoms with E-state index in [1.807, 2.05) is 80.5 Å². The third-order valence-corrected chi connectivity index (χ3v) is 4.06. The fraction of sp³-hybridized carbons (Fsp3) is 0.143. The van der Waals surface area contributed by atoms with Crippen LogP contribution >= 0.6 is 0 Å². The first-order valence-electron chi connectivity index (χ1n) is 8.40. The molecular formula is C21H22N4O. The Balaban J connectivity index is 1.66. The largest absolute Gasteiger partial charge is 0.378 e. The highest BCUT2D eigenvalue weighted by Gasteiger charge is 2.09. The van der Waals surface area contributed by atoms with Gasteiger partial charge in [0.2, 0.25) is 0 Å². The minimum Gasteiger partial charge on any atom is -0.378 e. The molecule has 0 aliphatic carbocycles. The van der Waals surface area contributed by atoms with Crippen molar-refractivity contribution in [2.75, 3.05) is 29.6 Å². The third kappa shape index (κ3) is 4.19. The smallest absolute Gasteiger partial charge is 0.274 e. The summed E-state index contributed by atoms with van der Waals surface area (Å²) >= 11 is 0. The zero-order chi connectivity index (χ0) is 18.5. The molecule has 0 saturated carbocycles. The van der Waals surface area contributed by atoms with Gasteiger partial charge >= 0.3 is 0 Å². The van der Waals surface area contributed by atoms with Crippen LogP contribution in [0, 0.1) is 6.92 Å². The maximum absolute atomic E-state index is 12.3. The monoisotopic (exact) mass is 346 g/mol. The van der Waals surface area contributed by atoms with Crippen LogP contribution < -0.4 is 15.5 Å². The van der Waals surface area contributed by atoms with Crippen molar-refractivity contribution in [3.63, 3.8) is 0 Å². The van der Waals surface area contributed by atoms with Crippen molar-refractivity contribution in [2.45, 2.75) is 6.92 Å². The van der Waals surface area contributed by atoms with E-state index in [-0.39, 0.29) is 5.91 Å². The molecule has 0 radical (unpaired) electrons. The summed E-state index contributed by atoms with van der Waals surface area (Å²) in [5, 5.41) is 6.17. The molecule has 0 unspecified atom stereocenters. The minimum absolute atomic E-state index is 0.221. The van der Waals surface area contributed by atoms with Gasteiger partial charge in [-0.1, -0.05) is 18.2 Å². The number of pyridine rings is 1. The highest BCUT2D eigenvalue weighted by atomic mass is 16.1. The van der Waals surface area contributed by atoms with Gasteiger partial charge < -0.3 is 15.5 Å². The normalized spacial score (nSPS) is 10.3. The van der Waals surface area contributed by atoms with Crippen LogP contribution in [0.5, 0.6) is 0 Å². The number of carbonyl (C=O) groups is 1. The molecule has 0 spiro atoms. The van der Waals surface area contributed by atoms with Crippen molar-refractivity contribution < 1.29 is 4.79 Å². The Morgan fingerprint density at radius 2 is 1.62 bits per heavy atom. The Labute approximate surface area is 153 Å². The van der Waals surface area contributed by atoms with Gasteiger partial charge in [-0.2, -0.15) is 0 Å². The average Bonchev–Trinajstić information content (AvgIpc) is 2.64. The van der Waals surface area contributed by atoms with Crippen LogP contribution in [-0.4, -0.2) is 25.0 Å². The molecule has 5 nitrogen and oxygen atoms in total. The van der Waals surface area contributed by atoms with E-state index in [0.29, 0.717) is 5.69 Å². The van der Waals surface area contributed by atoms with E-state index in [9.17, 15) is 4.79 Å². The Kier molecular flexibility index (Phi) is 5.17. The number of carbonyl (C=O) groups excluding carboxylic acids is 1. The predicted octanol–water partition coefficient (Wildman–Crippen LogP) is 4.45. The number of nitrogens with one attached hydrogen (secondary N) is 2. The van der Waals surface area contributed by atoms with Gasteiger partial charge in [0.05, 0.1) is 11.9 Å². The molecule has 0 saturated heterocycles. The number of aromatic nitrogens is 1. The number of hydrogen-bond donors (Lipinski definition) is 2. The molecule has 2 N–H and O–H groups in total. The standard InChI is InChI=1S/C21H22N4O/c1-15-6-4-5-7-19(15)24-21(26)20-13-10-17(14-22-20)23-16-8-11-18(12-9-16)25(2)3/h4-14,23H,1-3H3,(H,24,26). The molecule has 3 aromatic rings. The molecule has 0 bridgehead atoms. The Hall–Kier alpha value is -3.34. The van der Waals surface area contributed by atoms with Crippen molar-refractivity contribution in [2.24, 2.45) is 0 Å². The zero-order valence-corrected chi connectivity index (χ0v) is 15.2. The summed E-state index contributed by atoms with van der Waals surface area (Å²) in [5.41, 5.74) is 5.12. The van der Waals surface area contributed by atoms with E-state index in [1.54, 1.807) is 12.3 Å². The topological polar surface area (TPSA) is 57.3 Å². The van der Waals surface area contributed by atoms with Crippen molar-refractivity contribution in [1.82, 2.24) is 4.98 Å². The summed E-state index contributed by atoms with van der Waals surface area (Å²) < 4.78 is 0. The Morgan fingerprint density at radius 3 is 2.23 bits per heavy atom. The van der Waals surface area contributed by atoms with Crippen LogP contribution in [0.15, 0.2) is 66.9 Å². The van der Waals surface area contributed by atoms with Crippen molar-refractivity contribution >= 4 is 28.7 Å². The van der Waals surface area contributed by atoms with Gasteiger partial charge in [0.25, 0.3) is 5.91 Å². The summed E-state index contributed by atoms with van der Waals surface area (Å²) in [6, 6.07) is 19.3. The van der Waals surface area contributed by atoms with Crippen LogP contribution in [-0.2, 0) is 0 Å². The first-order valence-corrected chi connectivity index (χ1v) is 8.40. The number of rotatable bonds is 5. The summed E-state index contributed by atoms with van der Waals surface area (Å²) in [5.74, 6) is -0.221. The molecule has 0 aliphatic rings. The minimum atomic E-state index is -0.221. The van der Waals surface area contributed by atoms with Crippen LogP contribution in [0.1, 0.15) is 16.1 Å². The van der Waals surface area contributed by atoms with Gasteiger partial charge in [-0.05, 0) is 55.0 Å². The highest BCUT2D eigenvalue weighted by Crippen LogP contribution is 2.20. The van der Waals surface area contributed by atoms with Gasteiger partial charge in [0.15, 0.2) is 0 Å². The molecule has 1 aromatic heterocycles. The van der Waals surface area contributed by atoms with E-state index in [1.165, 1.54) is 0 Å². The Bertz CT molecular complexity index is 887. The molecule has 0 fully saturated rings. The Morgan fingerprint density at radius 1 is 0.923 bits per heavy atom. The molecule has 2 aromatic carbocycles. The number of nitrogens with zero attached hydrogens (tertiary/aromatic N) is 2. The lowest BCUT2D eigenvalue weighted by Crippen LogP contribution is -2.14. The average molecular weight is 346 g/mol. The predicted molar refractivity (Wildman–Crippen MR) is 107 cm³/mol. The molecule has 26 heavy (non-hydrogen) atoms. The van der Waals surface area contributed by atoms with Crippen LogP contribution in [0.3, 0.4) is 0 Å². The molecule has 5 heteroatoms. The number of aryl methyl sites for hydroxylation is 1. The molecule has 0 aliphatic heterocycles. The van der Waals surface area contributed by atoms with E-state index >= 15 is 0 Å². The SMILES string of the molecule is Cc1ccccc1NC(=O)c1ccc(Nc2ccc(N(C)C)cc2)cn1. The fourth-order valence-corrected chi connectivity index (χ4v) is 2.51. The van der Waals surface area contributed by atoms with E-state index in [2.05, 4.69) is 15.6 Å². The fourth-order valence-electron chi connectivity index (χ4n) is 2.51. The molecule has 1 heterocycles. The van der Waals surface area contributed by atoms with Crippen LogP contribution in [0.25, 0.3) is 0 Å². The second kappa shape index (κ2) is 7.70. The van der Waals surface area contributed by atoms with E-state index in [0.717, 1.165) is 28.3 Å². The molecule has 3 rings (SSSR count). The maximum Gasteiger partial charge on any atom is 0.274 e. The summed E-state index contributed by atoms with van der Waals surface area (Å²) in [7, 11) is 4.01. The van der Waals surface area contributed by atoms with Gasteiger partial charge in [-0.15, -0.1) is 0 Å². The zero-order valence-electron chi connectivity index (χ0n) is 15.2.